The maximum Gasteiger partial charge on any atom is 0.405 e. The van der Waals surface area contributed by atoms with Crippen molar-refractivity contribution < 1.29 is 24.3 Å². The quantitative estimate of drug-likeness (QED) is 0.258. The van der Waals surface area contributed by atoms with Gasteiger partial charge >= 0.3 is 6.09 Å². The summed E-state index contributed by atoms with van der Waals surface area (Å²) in [7, 11) is 0. The maximum absolute atomic E-state index is 13.9. The predicted molar refractivity (Wildman–Crippen MR) is 146 cm³/mol. The van der Waals surface area contributed by atoms with Gasteiger partial charge in [0.05, 0.1) is 10.5 Å². The highest BCUT2D eigenvalue weighted by Crippen LogP contribution is 2.38. The van der Waals surface area contributed by atoms with E-state index in [1.807, 2.05) is 13.8 Å². The van der Waals surface area contributed by atoms with E-state index in [0.29, 0.717) is 34.8 Å². The van der Waals surface area contributed by atoms with Crippen molar-refractivity contribution >= 4 is 57.9 Å². The molecule has 0 radical (unpaired) electrons. The van der Waals surface area contributed by atoms with Crippen LogP contribution in [0.5, 0.6) is 0 Å². The van der Waals surface area contributed by atoms with E-state index >= 15 is 0 Å². The molecule has 0 saturated carbocycles. The Kier molecular flexibility index (Phi) is 9.20. The van der Waals surface area contributed by atoms with Gasteiger partial charge < -0.3 is 31.8 Å². The molecule has 0 aliphatic heterocycles. The first-order valence-corrected chi connectivity index (χ1v) is 13.5. The summed E-state index contributed by atoms with van der Waals surface area (Å²) in [5.41, 5.74) is 6.42. The molecule has 208 valence electrons. The van der Waals surface area contributed by atoms with Crippen LogP contribution in [0.15, 0.2) is 12.1 Å². The zero-order chi connectivity index (χ0) is 28.4. The van der Waals surface area contributed by atoms with Crippen LogP contribution in [0.1, 0.15) is 58.2 Å². The summed E-state index contributed by atoms with van der Waals surface area (Å²) < 4.78 is 0. The Morgan fingerprint density at radius 3 is 2.29 bits per heavy atom. The molecule has 1 aromatic heterocycles. The Morgan fingerprint density at radius 2 is 1.71 bits per heavy atom. The zero-order valence-electron chi connectivity index (χ0n) is 21.9. The van der Waals surface area contributed by atoms with Gasteiger partial charge in [-0.05, 0) is 42.4 Å². The van der Waals surface area contributed by atoms with Crippen molar-refractivity contribution in [2.45, 2.75) is 77.4 Å². The van der Waals surface area contributed by atoms with Gasteiger partial charge in [0.2, 0.25) is 17.7 Å². The van der Waals surface area contributed by atoms with Crippen LogP contribution in [-0.2, 0) is 27.2 Å². The number of rotatable bonds is 10. The monoisotopic (exact) mass is 567 g/mol. The minimum absolute atomic E-state index is 0.0723. The highest BCUT2D eigenvalue weighted by Gasteiger charge is 2.46. The van der Waals surface area contributed by atoms with E-state index in [2.05, 4.69) is 20.9 Å². The maximum atomic E-state index is 13.9. The fourth-order valence-electron chi connectivity index (χ4n) is 4.99. The number of aromatic nitrogens is 1. The number of amides is 4. The van der Waals surface area contributed by atoms with Crippen molar-refractivity contribution in [1.29, 1.82) is 0 Å². The third kappa shape index (κ3) is 6.02. The van der Waals surface area contributed by atoms with E-state index in [1.54, 1.807) is 26.0 Å². The number of hydrogen-bond donors (Lipinski definition) is 6. The molecule has 12 heteroatoms. The summed E-state index contributed by atoms with van der Waals surface area (Å²) in [6, 6.07) is 1.33. The molecule has 0 fully saturated rings. The number of aromatic amines is 1. The molecule has 2 unspecified atom stereocenters. The number of carboxylic acid groups (broad SMARTS) is 1. The summed E-state index contributed by atoms with van der Waals surface area (Å²) in [4.78, 5) is 54.5. The lowest BCUT2D eigenvalue weighted by molar-refractivity contribution is -0.137. The first-order valence-electron chi connectivity index (χ1n) is 12.7. The fourth-order valence-corrected chi connectivity index (χ4v) is 5.53. The number of H-pyrrole nitrogens is 1. The van der Waals surface area contributed by atoms with Gasteiger partial charge in [-0.2, -0.15) is 0 Å². The van der Waals surface area contributed by atoms with Gasteiger partial charge in [0.25, 0.3) is 0 Å². The largest absolute Gasteiger partial charge is 0.465 e. The van der Waals surface area contributed by atoms with E-state index in [1.165, 1.54) is 0 Å². The van der Waals surface area contributed by atoms with E-state index in [4.69, 9.17) is 28.9 Å². The molecule has 38 heavy (non-hydrogen) atoms. The van der Waals surface area contributed by atoms with Crippen molar-refractivity contribution in [2.75, 3.05) is 0 Å². The van der Waals surface area contributed by atoms with Crippen LogP contribution in [0, 0.1) is 11.8 Å². The number of nitrogens with one attached hydrogen (secondary N) is 4. The number of carbonyl (C=O) groups excluding carboxylic acids is 3. The number of hydrogen-bond acceptors (Lipinski definition) is 4. The van der Waals surface area contributed by atoms with Crippen molar-refractivity contribution in [3.63, 3.8) is 0 Å². The van der Waals surface area contributed by atoms with E-state index in [0.717, 1.165) is 16.6 Å². The number of benzene rings is 1. The van der Waals surface area contributed by atoms with Gasteiger partial charge in [-0.25, -0.2) is 4.79 Å². The molecule has 10 nitrogen and oxygen atoms in total. The molecule has 1 aromatic carbocycles. The van der Waals surface area contributed by atoms with Crippen molar-refractivity contribution in [2.24, 2.45) is 17.6 Å². The first kappa shape index (κ1) is 29.6. The number of primary amides is 1. The van der Waals surface area contributed by atoms with Gasteiger partial charge in [-0.3, -0.25) is 14.4 Å². The Hall–Kier alpha value is -2.98. The summed E-state index contributed by atoms with van der Waals surface area (Å²) in [5, 5.41) is 18.8. The van der Waals surface area contributed by atoms with Crippen LogP contribution < -0.4 is 21.7 Å². The lowest BCUT2D eigenvalue weighted by Gasteiger charge is -2.39. The molecular formula is C26H35Cl2N5O5. The third-order valence-corrected chi connectivity index (χ3v) is 8.19. The first-order chi connectivity index (χ1) is 17.8. The molecule has 0 saturated heterocycles. The predicted octanol–water partition coefficient (Wildman–Crippen LogP) is 3.52. The van der Waals surface area contributed by atoms with Gasteiger partial charge in [0.15, 0.2) is 0 Å². The Labute approximate surface area is 231 Å². The molecule has 1 aliphatic rings. The minimum atomic E-state index is -1.49. The molecule has 5 atom stereocenters. The number of fused-ring (bicyclic) bond motifs is 3. The Balaban J connectivity index is 2.08. The lowest BCUT2D eigenvalue weighted by Crippen LogP contribution is -2.67. The standard InChI is InChI=1S/C26H35Cl2N5O5/c1-5-12(3)19(22(29)34)31-24(36)26(33-23(35)20(13(4)6-2)32-25(37)38)8-7-18-16(11-26)15-9-14(27)10-17(28)21(15)30-18/h9-10,12-13,19-20,30,32H,5-8,11H2,1-4H3,(H2,29,34)(H,31,36)(H,33,35)(H,37,38)/t12?,13?,19-,20-,26+/m0/s1. The zero-order valence-corrected chi connectivity index (χ0v) is 23.4. The normalized spacial score (nSPS) is 20.1. The van der Waals surface area contributed by atoms with Crippen molar-refractivity contribution in [1.82, 2.24) is 20.9 Å². The number of carbonyl (C=O) groups is 4. The second-order valence-corrected chi connectivity index (χ2v) is 11.0. The topological polar surface area (TPSA) is 166 Å². The molecule has 7 N–H and O–H groups in total. The Bertz CT molecular complexity index is 1250. The lowest BCUT2D eigenvalue weighted by atomic mass is 9.78. The number of halogens is 2. The van der Waals surface area contributed by atoms with Crippen LogP contribution in [0.3, 0.4) is 0 Å². The molecule has 4 amide bonds. The van der Waals surface area contributed by atoms with Crippen LogP contribution in [0.25, 0.3) is 10.9 Å². The molecule has 0 bridgehead atoms. The highest BCUT2D eigenvalue weighted by atomic mass is 35.5. The van der Waals surface area contributed by atoms with Crippen molar-refractivity contribution in [3.8, 4) is 0 Å². The third-order valence-electron chi connectivity index (χ3n) is 7.68. The van der Waals surface area contributed by atoms with Gasteiger partial charge in [-0.1, -0.05) is 63.7 Å². The van der Waals surface area contributed by atoms with Crippen LogP contribution in [0.2, 0.25) is 10.0 Å². The second kappa shape index (κ2) is 11.8. The summed E-state index contributed by atoms with van der Waals surface area (Å²) in [6.45, 7) is 7.28. The molecule has 3 rings (SSSR count). The number of aryl methyl sites for hydroxylation is 1. The van der Waals surface area contributed by atoms with Crippen LogP contribution in [0.4, 0.5) is 4.79 Å². The molecule has 1 aliphatic carbocycles. The molecule has 1 heterocycles. The SMILES string of the molecule is CCC(C)[C@H](NC(=O)[C@@]1(NC(=O)[C@@H](NC(=O)O)C(C)CC)CCc2[nH]c3c(Cl)cc(Cl)cc3c2C1)C(N)=O. The van der Waals surface area contributed by atoms with Gasteiger partial charge in [-0.15, -0.1) is 0 Å². The summed E-state index contributed by atoms with van der Waals surface area (Å²) in [6.07, 6.45) is 0.428. The van der Waals surface area contributed by atoms with Crippen LogP contribution >= 0.6 is 23.2 Å². The summed E-state index contributed by atoms with van der Waals surface area (Å²) in [5.74, 6) is -2.46. The Morgan fingerprint density at radius 1 is 1.08 bits per heavy atom. The molecule has 2 aromatic rings. The van der Waals surface area contributed by atoms with Gasteiger partial charge in [0.1, 0.15) is 17.6 Å². The number of nitrogens with two attached hydrogens (primary N) is 1. The van der Waals surface area contributed by atoms with E-state index < -0.39 is 41.4 Å². The molecular weight excluding hydrogens is 533 g/mol. The average molecular weight is 569 g/mol. The summed E-state index contributed by atoms with van der Waals surface area (Å²) >= 11 is 12.7. The smallest absolute Gasteiger partial charge is 0.405 e. The minimum Gasteiger partial charge on any atom is -0.465 e. The average Bonchev–Trinajstić information content (AvgIpc) is 3.22. The van der Waals surface area contributed by atoms with Gasteiger partial charge in [0, 0.05) is 22.5 Å². The van der Waals surface area contributed by atoms with Crippen LogP contribution in [-0.4, -0.2) is 51.5 Å². The second-order valence-electron chi connectivity index (χ2n) is 10.2. The van der Waals surface area contributed by atoms with Crippen molar-refractivity contribution in [3.05, 3.63) is 33.4 Å². The molecule has 0 spiro atoms. The van der Waals surface area contributed by atoms with E-state index in [9.17, 15) is 24.3 Å². The highest BCUT2D eigenvalue weighted by molar-refractivity contribution is 6.38. The van der Waals surface area contributed by atoms with E-state index in [-0.39, 0.29) is 24.7 Å². The fraction of sp³-hybridized carbons (Fsp3) is 0.538.